The molecule has 0 aliphatic carbocycles. The predicted molar refractivity (Wildman–Crippen MR) is 97.1 cm³/mol. The molecule has 0 saturated heterocycles. The van der Waals surface area contributed by atoms with Gasteiger partial charge in [-0.2, -0.15) is 0 Å². The van der Waals surface area contributed by atoms with E-state index in [0.29, 0.717) is 0 Å². The standard InChI is InChI=1S/C19H42N2/c1-3-5-6-7-11-15-18-21-19-16-13-10-8-9-12-14-17-20-4-2/h20-21H,3-19H2,1-2H3. The van der Waals surface area contributed by atoms with Gasteiger partial charge in [0.05, 0.1) is 0 Å². The Morgan fingerprint density at radius 1 is 0.429 bits per heavy atom. The third-order valence-corrected chi connectivity index (χ3v) is 4.16. The first-order valence-corrected chi connectivity index (χ1v) is 9.83. The van der Waals surface area contributed by atoms with Crippen LogP contribution in [0.1, 0.15) is 97.3 Å². The SMILES string of the molecule is CCCCCCCCNCCCCCCCCCNCC. The molecule has 2 heteroatoms. The largest absolute Gasteiger partial charge is 0.317 e. The molecule has 0 heterocycles. The van der Waals surface area contributed by atoms with Gasteiger partial charge in [0.25, 0.3) is 0 Å². The van der Waals surface area contributed by atoms with Gasteiger partial charge < -0.3 is 10.6 Å². The van der Waals surface area contributed by atoms with Gasteiger partial charge in [0.15, 0.2) is 0 Å². The Labute approximate surface area is 134 Å². The highest BCUT2D eigenvalue weighted by atomic mass is 14.8. The van der Waals surface area contributed by atoms with E-state index < -0.39 is 0 Å². The van der Waals surface area contributed by atoms with Gasteiger partial charge in [0.2, 0.25) is 0 Å². The first-order chi connectivity index (χ1) is 10.4. The summed E-state index contributed by atoms with van der Waals surface area (Å²) in [5, 5.41) is 6.98. The molecular formula is C19H42N2. The molecule has 0 bridgehead atoms. The van der Waals surface area contributed by atoms with Gasteiger partial charge in [-0.25, -0.2) is 0 Å². The quantitative estimate of drug-likeness (QED) is 0.337. The Hall–Kier alpha value is -0.0800. The topological polar surface area (TPSA) is 24.1 Å². The van der Waals surface area contributed by atoms with Crippen molar-refractivity contribution in [2.75, 3.05) is 26.2 Å². The minimum absolute atomic E-state index is 1.12. The summed E-state index contributed by atoms with van der Waals surface area (Å²) in [6, 6.07) is 0. The minimum Gasteiger partial charge on any atom is -0.317 e. The van der Waals surface area contributed by atoms with Crippen molar-refractivity contribution in [1.29, 1.82) is 0 Å². The van der Waals surface area contributed by atoms with Crippen LogP contribution in [-0.2, 0) is 0 Å². The first kappa shape index (κ1) is 20.9. The Bertz CT molecular complexity index is 153. The summed E-state index contributed by atoms with van der Waals surface area (Å²) >= 11 is 0. The van der Waals surface area contributed by atoms with Gasteiger partial charge in [-0.1, -0.05) is 78.1 Å². The maximum atomic E-state index is 3.59. The van der Waals surface area contributed by atoms with E-state index in [1.165, 1.54) is 103 Å². The molecule has 0 saturated carbocycles. The second-order valence-electron chi connectivity index (χ2n) is 6.35. The smallest absolute Gasteiger partial charge is 0.00489 e. The fourth-order valence-corrected chi connectivity index (χ4v) is 2.72. The van der Waals surface area contributed by atoms with Crippen LogP contribution >= 0.6 is 0 Å². The molecule has 0 amide bonds. The van der Waals surface area contributed by atoms with E-state index in [1.54, 1.807) is 0 Å². The van der Waals surface area contributed by atoms with Crippen LogP contribution in [-0.4, -0.2) is 26.2 Å². The molecule has 0 spiro atoms. The lowest BCUT2D eigenvalue weighted by Crippen LogP contribution is -2.16. The molecule has 0 unspecified atom stereocenters. The summed E-state index contributed by atoms with van der Waals surface area (Å²) in [5.41, 5.74) is 0. The summed E-state index contributed by atoms with van der Waals surface area (Å²) in [5.74, 6) is 0. The second-order valence-corrected chi connectivity index (χ2v) is 6.35. The Morgan fingerprint density at radius 3 is 1.24 bits per heavy atom. The third kappa shape index (κ3) is 19.9. The number of nitrogens with one attached hydrogen (secondary N) is 2. The molecule has 0 aromatic rings. The predicted octanol–water partition coefficient (Wildman–Crippen LogP) is 5.28. The van der Waals surface area contributed by atoms with Gasteiger partial charge in [0.1, 0.15) is 0 Å². The Morgan fingerprint density at radius 2 is 0.810 bits per heavy atom. The Balaban J connectivity index is 2.90. The molecule has 0 rings (SSSR count). The minimum atomic E-state index is 1.12. The first-order valence-electron chi connectivity index (χ1n) is 9.83. The molecule has 0 aliphatic rings. The molecule has 2 N–H and O–H groups in total. The monoisotopic (exact) mass is 298 g/mol. The maximum absolute atomic E-state index is 3.59. The fourth-order valence-electron chi connectivity index (χ4n) is 2.72. The molecule has 21 heavy (non-hydrogen) atoms. The van der Waals surface area contributed by atoms with Crippen LogP contribution in [0.5, 0.6) is 0 Å². The molecule has 0 fully saturated rings. The zero-order valence-corrected chi connectivity index (χ0v) is 15.0. The van der Waals surface area contributed by atoms with Crippen LogP contribution in [0.4, 0.5) is 0 Å². The zero-order chi connectivity index (χ0) is 15.4. The van der Waals surface area contributed by atoms with Crippen molar-refractivity contribution in [3.8, 4) is 0 Å². The van der Waals surface area contributed by atoms with Crippen molar-refractivity contribution in [3.63, 3.8) is 0 Å². The van der Waals surface area contributed by atoms with E-state index in [4.69, 9.17) is 0 Å². The summed E-state index contributed by atoms with van der Waals surface area (Å²) in [6.07, 6.45) is 18.3. The van der Waals surface area contributed by atoms with E-state index in [-0.39, 0.29) is 0 Å². The van der Waals surface area contributed by atoms with Crippen LogP contribution in [0.2, 0.25) is 0 Å². The third-order valence-electron chi connectivity index (χ3n) is 4.16. The lowest BCUT2D eigenvalue weighted by Gasteiger charge is -2.05. The van der Waals surface area contributed by atoms with E-state index in [2.05, 4.69) is 24.5 Å². The van der Waals surface area contributed by atoms with Crippen molar-refractivity contribution in [2.24, 2.45) is 0 Å². The van der Waals surface area contributed by atoms with Crippen LogP contribution in [0, 0.1) is 0 Å². The van der Waals surface area contributed by atoms with E-state index in [9.17, 15) is 0 Å². The average molecular weight is 299 g/mol. The fraction of sp³-hybridized carbons (Fsp3) is 1.00. The van der Waals surface area contributed by atoms with Gasteiger partial charge in [-0.15, -0.1) is 0 Å². The van der Waals surface area contributed by atoms with Gasteiger partial charge >= 0.3 is 0 Å². The van der Waals surface area contributed by atoms with Crippen molar-refractivity contribution in [2.45, 2.75) is 97.3 Å². The molecule has 0 aromatic carbocycles. The highest BCUT2D eigenvalue weighted by molar-refractivity contribution is 4.52. The number of rotatable bonds is 18. The number of hydrogen-bond donors (Lipinski definition) is 2. The summed E-state index contributed by atoms with van der Waals surface area (Å²) in [6.45, 7) is 9.25. The van der Waals surface area contributed by atoms with Crippen LogP contribution in [0.25, 0.3) is 0 Å². The normalized spacial score (nSPS) is 11.1. The van der Waals surface area contributed by atoms with Crippen molar-refractivity contribution in [3.05, 3.63) is 0 Å². The number of unbranched alkanes of at least 4 members (excludes halogenated alkanes) is 11. The lowest BCUT2D eigenvalue weighted by molar-refractivity contribution is 0.534. The molecule has 0 radical (unpaired) electrons. The maximum Gasteiger partial charge on any atom is -0.00489 e. The summed E-state index contributed by atoms with van der Waals surface area (Å²) < 4.78 is 0. The van der Waals surface area contributed by atoms with E-state index in [0.717, 1.165) is 6.54 Å². The lowest BCUT2D eigenvalue weighted by atomic mass is 10.1. The van der Waals surface area contributed by atoms with E-state index in [1.807, 2.05) is 0 Å². The highest BCUT2D eigenvalue weighted by Gasteiger charge is 1.93. The van der Waals surface area contributed by atoms with Gasteiger partial charge in [-0.05, 0) is 45.4 Å². The van der Waals surface area contributed by atoms with Crippen molar-refractivity contribution >= 4 is 0 Å². The highest BCUT2D eigenvalue weighted by Crippen LogP contribution is 2.07. The molecule has 0 aliphatic heterocycles. The van der Waals surface area contributed by atoms with Gasteiger partial charge in [-0.3, -0.25) is 0 Å². The number of hydrogen-bond acceptors (Lipinski definition) is 2. The molecule has 2 nitrogen and oxygen atoms in total. The molecule has 0 aromatic heterocycles. The summed E-state index contributed by atoms with van der Waals surface area (Å²) in [7, 11) is 0. The van der Waals surface area contributed by atoms with Gasteiger partial charge in [0, 0.05) is 0 Å². The molecule has 0 atom stereocenters. The van der Waals surface area contributed by atoms with Crippen molar-refractivity contribution in [1.82, 2.24) is 10.6 Å². The summed E-state index contributed by atoms with van der Waals surface area (Å²) in [4.78, 5) is 0. The second kappa shape index (κ2) is 19.9. The van der Waals surface area contributed by atoms with Crippen LogP contribution in [0.3, 0.4) is 0 Å². The molecule has 128 valence electrons. The Kier molecular flexibility index (Phi) is 19.8. The van der Waals surface area contributed by atoms with Crippen LogP contribution < -0.4 is 10.6 Å². The average Bonchev–Trinajstić information content (AvgIpc) is 2.50. The van der Waals surface area contributed by atoms with E-state index >= 15 is 0 Å². The molecular weight excluding hydrogens is 256 g/mol. The van der Waals surface area contributed by atoms with Crippen LogP contribution in [0.15, 0.2) is 0 Å². The zero-order valence-electron chi connectivity index (χ0n) is 15.0. The van der Waals surface area contributed by atoms with Crippen molar-refractivity contribution < 1.29 is 0 Å².